The summed E-state index contributed by atoms with van der Waals surface area (Å²) in [6.45, 7) is 0. The lowest BCUT2D eigenvalue weighted by Crippen LogP contribution is -2.10. The lowest BCUT2D eigenvalue weighted by Gasteiger charge is -2.27. The van der Waals surface area contributed by atoms with Crippen molar-refractivity contribution in [3.8, 4) is 78.1 Å². The van der Waals surface area contributed by atoms with Crippen molar-refractivity contribution in [2.24, 2.45) is 0 Å². The zero-order valence-corrected chi connectivity index (χ0v) is 46.6. The second-order valence-electron chi connectivity index (χ2n) is 22.1. The largest absolute Gasteiger partial charge is 0.310 e. The number of nitrogens with zero attached hydrogens (tertiary/aromatic N) is 3. The third-order valence-electron chi connectivity index (χ3n) is 17.1. The maximum Gasteiger partial charge on any atom is 0.0541 e. The van der Waals surface area contributed by atoms with Gasteiger partial charge in [0.25, 0.3) is 0 Å². The molecule has 0 radical (unpaired) electrons. The van der Waals surface area contributed by atoms with E-state index < -0.39 is 0 Å². The van der Waals surface area contributed by atoms with Gasteiger partial charge in [-0.3, -0.25) is 0 Å². The highest BCUT2D eigenvalue weighted by Crippen LogP contribution is 2.45. The van der Waals surface area contributed by atoms with Crippen LogP contribution in [0.2, 0.25) is 0 Å². The van der Waals surface area contributed by atoms with Crippen LogP contribution in [0.25, 0.3) is 133 Å². The van der Waals surface area contributed by atoms with E-state index >= 15 is 0 Å². The number of para-hydroxylation sites is 3. The monoisotopic (exact) mass is 1080 g/mol. The van der Waals surface area contributed by atoms with Gasteiger partial charge in [0.2, 0.25) is 0 Å². The predicted octanol–water partition coefficient (Wildman–Crippen LogP) is 22.5. The second kappa shape index (κ2) is 20.9. The van der Waals surface area contributed by atoms with E-state index in [4.69, 9.17) is 0 Å². The molecule has 85 heavy (non-hydrogen) atoms. The molecule has 398 valence electrons. The number of hydrogen-bond acceptors (Lipinski definition) is 1. The number of hydrogen-bond donors (Lipinski definition) is 0. The molecule has 0 saturated carbocycles. The van der Waals surface area contributed by atoms with Crippen LogP contribution in [0.3, 0.4) is 0 Å². The van der Waals surface area contributed by atoms with Crippen molar-refractivity contribution in [1.82, 2.24) is 9.13 Å². The molecule has 2 aromatic heterocycles. The molecule has 0 unspecified atom stereocenters. The van der Waals surface area contributed by atoms with Crippen LogP contribution in [0.4, 0.5) is 17.1 Å². The van der Waals surface area contributed by atoms with Crippen LogP contribution in [-0.2, 0) is 0 Å². The smallest absolute Gasteiger partial charge is 0.0541 e. The summed E-state index contributed by atoms with van der Waals surface area (Å²) in [4.78, 5) is 2.40. The average molecular weight is 1080 g/mol. The Morgan fingerprint density at radius 1 is 0.188 bits per heavy atom. The lowest BCUT2D eigenvalue weighted by atomic mass is 9.90. The molecule has 0 aliphatic rings. The quantitative estimate of drug-likeness (QED) is 0.126. The molecule has 0 saturated heterocycles. The third-order valence-corrected chi connectivity index (χ3v) is 17.1. The molecule has 0 amide bonds. The zero-order valence-electron chi connectivity index (χ0n) is 46.6. The van der Waals surface area contributed by atoms with Gasteiger partial charge in [-0.05, 0) is 181 Å². The SMILES string of the molecule is c1ccc(-c2ccc(N(c3ccccc3)c3ccc(-c4cc(-c5ccc6c(c5)c5ccccc5n6-c5ccc(-c6ccccc6)cc5)cc(-c5ccc6c(c5)c5ccccc5n6-c5ccc(-c6ccccc6)cc5)c4)c4ccccc34)cc2)cc1. The van der Waals surface area contributed by atoms with Crippen molar-refractivity contribution in [2.75, 3.05) is 4.90 Å². The molecular weight excluding hydrogens is 1030 g/mol. The predicted molar refractivity (Wildman–Crippen MR) is 360 cm³/mol. The van der Waals surface area contributed by atoms with Crippen LogP contribution in [-0.4, -0.2) is 9.13 Å². The first-order valence-corrected chi connectivity index (χ1v) is 29.2. The van der Waals surface area contributed by atoms with Crippen molar-refractivity contribution in [1.29, 1.82) is 0 Å². The normalized spacial score (nSPS) is 11.5. The summed E-state index contributed by atoms with van der Waals surface area (Å²) in [5, 5.41) is 7.22. The molecule has 0 bridgehead atoms. The summed E-state index contributed by atoms with van der Waals surface area (Å²) >= 11 is 0. The molecule has 0 fully saturated rings. The summed E-state index contributed by atoms with van der Waals surface area (Å²) in [5.74, 6) is 0. The van der Waals surface area contributed by atoms with E-state index in [-0.39, 0.29) is 0 Å². The molecule has 0 aliphatic carbocycles. The van der Waals surface area contributed by atoms with Gasteiger partial charge in [0.1, 0.15) is 0 Å². The van der Waals surface area contributed by atoms with Crippen molar-refractivity contribution in [2.45, 2.75) is 0 Å². The Kier molecular flexibility index (Phi) is 12.2. The summed E-state index contributed by atoms with van der Waals surface area (Å²) in [6, 6.07) is 122. The topological polar surface area (TPSA) is 13.1 Å². The minimum Gasteiger partial charge on any atom is -0.310 e. The van der Waals surface area contributed by atoms with Crippen molar-refractivity contribution >= 4 is 71.4 Å². The van der Waals surface area contributed by atoms with Gasteiger partial charge in [-0.25, -0.2) is 0 Å². The number of anilines is 3. The summed E-state index contributed by atoms with van der Waals surface area (Å²) < 4.78 is 4.83. The van der Waals surface area contributed by atoms with Crippen molar-refractivity contribution in [3.63, 3.8) is 0 Å². The molecule has 14 aromatic carbocycles. The summed E-state index contributed by atoms with van der Waals surface area (Å²) in [7, 11) is 0. The van der Waals surface area contributed by atoms with Crippen LogP contribution in [0.1, 0.15) is 0 Å². The van der Waals surface area contributed by atoms with E-state index in [0.29, 0.717) is 0 Å². The van der Waals surface area contributed by atoms with E-state index in [9.17, 15) is 0 Å². The fraction of sp³-hybridized carbons (Fsp3) is 0. The lowest BCUT2D eigenvalue weighted by molar-refractivity contribution is 1.18. The molecule has 0 aliphatic heterocycles. The van der Waals surface area contributed by atoms with Crippen LogP contribution in [0.5, 0.6) is 0 Å². The minimum absolute atomic E-state index is 1.09. The molecule has 3 nitrogen and oxygen atoms in total. The first kappa shape index (κ1) is 49.5. The van der Waals surface area contributed by atoms with E-state index in [1.807, 2.05) is 0 Å². The zero-order chi connectivity index (χ0) is 56.2. The second-order valence-corrected chi connectivity index (χ2v) is 22.1. The van der Waals surface area contributed by atoms with Gasteiger partial charge >= 0.3 is 0 Å². The number of fused-ring (bicyclic) bond motifs is 7. The minimum atomic E-state index is 1.09. The van der Waals surface area contributed by atoms with Gasteiger partial charge in [0.05, 0.1) is 27.8 Å². The number of aromatic nitrogens is 2. The maximum atomic E-state index is 2.42. The molecule has 0 atom stereocenters. The first-order chi connectivity index (χ1) is 42.1. The van der Waals surface area contributed by atoms with Gasteiger partial charge in [-0.1, -0.05) is 224 Å². The summed E-state index contributed by atoms with van der Waals surface area (Å²) in [6.07, 6.45) is 0. The summed E-state index contributed by atoms with van der Waals surface area (Å²) in [5.41, 5.74) is 24.4. The highest BCUT2D eigenvalue weighted by molar-refractivity contribution is 6.13. The number of rotatable bonds is 11. The maximum absolute atomic E-state index is 2.42. The Morgan fingerprint density at radius 2 is 0.529 bits per heavy atom. The van der Waals surface area contributed by atoms with Crippen LogP contribution >= 0.6 is 0 Å². The fourth-order valence-corrected chi connectivity index (χ4v) is 13.0. The van der Waals surface area contributed by atoms with Gasteiger partial charge in [0.15, 0.2) is 0 Å². The van der Waals surface area contributed by atoms with Gasteiger partial charge in [0, 0.05) is 49.7 Å². The van der Waals surface area contributed by atoms with E-state index in [1.165, 1.54) is 93.3 Å². The van der Waals surface area contributed by atoms with Crippen molar-refractivity contribution < 1.29 is 0 Å². The Labute approximate surface area is 494 Å². The van der Waals surface area contributed by atoms with Crippen LogP contribution < -0.4 is 4.90 Å². The number of benzene rings is 14. The van der Waals surface area contributed by atoms with Crippen LogP contribution in [0.15, 0.2) is 334 Å². The highest BCUT2D eigenvalue weighted by Gasteiger charge is 2.21. The van der Waals surface area contributed by atoms with E-state index in [0.717, 1.165) is 56.3 Å². The fourth-order valence-electron chi connectivity index (χ4n) is 13.0. The average Bonchev–Trinajstić information content (AvgIpc) is 2.57. The standard InChI is InChI=1S/C82H55N3/c1-5-19-56(20-6-1)59-33-41-68(42-34-59)83(67-25-11-4-12-26-67)80-50-47-71(72-27-13-14-28-73(72)80)66-52-64(62-39-48-81-76(54-62)74-29-15-17-31-78(74)84(81)69-43-35-60(36-44-69)57-21-7-2-8-22-57)51-65(53-66)63-40-49-82-77(55-63)75-30-16-18-32-79(75)85(82)70-45-37-61(38-46-70)58-23-9-3-10-24-58/h1-55H. The van der Waals surface area contributed by atoms with Crippen molar-refractivity contribution in [3.05, 3.63) is 334 Å². The molecule has 16 rings (SSSR count). The van der Waals surface area contributed by atoms with Gasteiger partial charge in [-0.2, -0.15) is 0 Å². The van der Waals surface area contributed by atoms with E-state index in [2.05, 4.69) is 348 Å². The molecule has 3 heteroatoms. The Balaban J connectivity index is 0.867. The molecular formula is C82H55N3. The molecule has 0 N–H and O–H groups in total. The third kappa shape index (κ3) is 8.86. The highest BCUT2D eigenvalue weighted by atomic mass is 15.1. The van der Waals surface area contributed by atoms with Gasteiger partial charge in [-0.15, -0.1) is 0 Å². The Bertz CT molecular complexity index is 4900. The van der Waals surface area contributed by atoms with Crippen LogP contribution in [0, 0.1) is 0 Å². The Hall–Kier alpha value is -11.3. The first-order valence-electron chi connectivity index (χ1n) is 29.2. The molecule has 16 aromatic rings. The Morgan fingerprint density at radius 3 is 1.00 bits per heavy atom. The van der Waals surface area contributed by atoms with Gasteiger partial charge < -0.3 is 14.0 Å². The molecule has 2 heterocycles. The molecule has 0 spiro atoms. The van der Waals surface area contributed by atoms with E-state index in [1.54, 1.807) is 0 Å².